The molecule has 0 N–H and O–H groups in total. The van der Waals surface area contributed by atoms with Crippen LogP contribution in [-0.4, -0.2) is 45.5 Å². The molecule has 0 atom stereocenters. The highest BCUT2D eigenvalue weighted by Crippen LogP contribution is 2.25. The maximum Gasteiger partial charge on any atom is 0.214 e. The second-order valence-corrected chi connectivity index (χ2v) is 6.36. The van der Waals surface area contributed by atoms with Gasteiger partial charge in [0.15, 0.2) is 5.78 Å². The van der Waals surface area contributed by atoms with Crippen LogP contribution in [-0.2, 0) is 0 Å². The van der Waals surface area contributed by atoms with Gasteiger partial charge in [0.25, 0.3) is 0 Å². The molecule has 0 radical (unpaired) electrons. The predicted octanol–water partition coefficient (Wildman–Crippen LogP) is 3.04. The Bertz CT molecular complexity index is 897. The van der Waals surface area contributed by atoms with Crippen LogP contribution in [0.15, 0.2) is 53.7 Å². The minimum atomic E-state index is -0.0200. The van der Waals surface area contributed by atoms with Gasteiger partial charge in [-0.05, 0) is 41.6 Å². The van der Waals surface area contributed by atoms with Crippen molar-refractivity contribution in [3.8, 4) is 17.2 Å². The van der Waals surface area contributed by atoms with Crippen molar-refractivity contribution in [2.75, 3.05) is 19.5 Å². The molecule has 0 aliphatic heterocycles. The average molecular weight is 370 g/mol. The van der Waals surface area contributed by atoms with Crippen LogP contribution in [0.4, 0.5) is 0 Å². The number of ketones is 1. The molecule has 0 fully saturated rings. The number of rotatable bonds is 8. The van der Waals surface area contributed by atoms with Crippen molar-refractivity contribution < 1.29 is 14.3 Å². The second-order valence-electron chi connectivity index (χ2n) is 5.29. The lowest BCUT2D eigenvalue weighted by atomic mass is 10.1. The Morgan fingerprint density at radius 3 is 2.62 bits per heavy atom. The molecule has 1 heterocycles. The zero-order valence-electron chi connectivity index (χ0n) is 14.5. The number of Topliss-reactive ketones (excluding diaryl/α,β-unsaturated/α-hetero) is 1. The average Bonchev–Trinajstić information content (AvgIpc) is 3.13. The fraction of sp³-hybridized carbons (Fsp3) is 0.222. The number of carbonyl (C=O) groups is 1. The van der Waals surface area contributed by atoms with Gasteiger partial charge in [0.1, 0.15) is 17.2 Å². The number of methoxy groups -OCH3 is 1. The lowest BCUT2D eigenvalue weighted by Crippen LogP contribution is -2.06. The van der Waals surface area contributed by atoms with Crippen LogP contribution in [0, 0.1) is 0 Å². The lowest BCUT2D eigenvalue weighted by Gasteiger charge is -2.10. The Balaban J connectivity index is 1.64. The van der Waals surface area contributed by atoms with E-state index in [1.165, 1.54) is 18.7 Å². The molecule has 3 rings (SSSR count). The highest BCUT2D eigenvalue weighted by atomic mass is 32.2. The molecule has 26 heavy (non-hydrogen) atoms. The summed E-state index contributed by atoms with van der Waals surface area (Å²) < 4.78 is 12.7. The van der Waals surface area contributed by atoms with Crippen molar-refractivity contribution in [3.05, 3.63) is 54.1 Å². The number of benzene rings is 2. The third-order valence-electron chi connectivity index (χ3n) is 3.59. The minimum absolute atomic E-state index is 0.0200. The molecule has 0 spiro atoms. The quantitative estimate of drug-likeness (QED) is 0.342. The van der Waals surface area contributed by atoms with Crippen molar-refractivity contribution in [1.82, 2.24) is 20.2 Å². The van der Waals surface area contributed by atoms with E-state index in [0.717, 1.165) is 5.69 Å². The van der Waals surface area contributed by atoms with Crippen molar-refractivity contribution in [1.29, 1.82) is 0 Å². The molecule has 8 heteroatoms. The monoisotopic (exact) mass is 370 g/mol. The molecule has 0 bridgehead atoms. The summed E-state index contributed by atoms with van der Waals surface area (Å²) in [4.78, 5) is 11.6. The molecule has 3 aromatic rings. The number of carbonyl (C=O) groups excluding carboxylic acids is 1. The second kappa shape index (κ2) is 8.48. The van der Waals surface area contributed by atoms with E-state index in [9.17, 15) is 4.79 Å². The largest absolute Gasteiger partial charge is 0.494 e. The summed E-state index contributed by atoms with van der Waals surface area (Å²) in [6.45, 7) is 1.95. The number of ether oxygens (including phenoxy) is 2. The number of thioether (sulfide) groups is 1. The SMILES string of the molecule is COc1ccccc1-n1nnnc1SCCOc1ccccc1C(C)=O. The van der Waals surface area contributed by atoms with Gasteiger partial charge in [0, 0.05) is 5.75 Å². The zero-order chi connectivity index (χ0) is 18.4. The van der Waals surface area contributed by atoms with Gasteiger partial charge < -0.3 is 9.47 Å². The third-order valence-corrected chi connectivity index (χ3v) is 4.48. The first kappa shape index (κ1) is 17.9. The predicted molar refractivity (Wildman–Crippen MR) is 98.4 cm³/mol. The van der Waals surface area contributed by atoms with Crippen molar-refractivity contribution in [2.24, 2.45) is 0 Å². The molecule has 0 saturated carbocycles. The van der Waals surface area contributed by atoms with Gasteiger partial charge in [0.2, 0.25) is 5.16 Å². The van der Waals surface area contributed by atoms with E-state index in [-0.39, 0.29) is 5.78 Å². The molecular formula is C18H18N4O3S. The van der Waals surface area contributed by atoms with E-state index < -0.39 is 0 Å². The maximum atomic E-state index is 11.6. The van der Waals surface area contributed by atoms with Crippen molar-refractivity contribution >= 4 is 17.5 Å². The molecule has 1 aromatic heterocycles. The maximum absolute atomic E-state index is 11.6. The van der Waals surface area contributed by atoms with Crippen molar-refractivity contribution in [3.63, 3.8) is 0 Å². The summed E-state index contributed by atoms with van der Waals surface area (Å²) in [7, 11) is 1.61. The Hall–Kier alpha value is -2.87. The van der Waals surface area contributed by atoms with Gasteiger partial charge in [-0.15, -0.1) is 5.10 Å². The van der Waals surface area contributed by atoms with E-state index in [1.54, 1.807) is 23.9 Å². The van der Waals surface area contributed by atoms with Crippen LogP contribution in [0.1, 0.15) is 17.3 Å². The first-order valence-electron chi connectivity index (χ1n) is 7.98. The van der Waals surface area contributed by atoms with Gasteiger partial charge >= 0.3 is 0 Å². The number of tetrazole rings is 1. The molecule has 0 aliphatic rings. The summed E-state index contributed by atoms with van der Waals surface area (Å²) in [6.07, 6.45) is 0. The Morgan fingerprint density at radius 1 is 1.12 bits per heavy atom. The smallest absolute Gasteiger partial charge is 0.214 e. The molecule has 0 aliphatic carbocycles. The minimum Gasteiger partial charge on any atom is -0.494 e. The van der Waals surface area contributed by atoms with Gasteiger partial charge in [0.05, 0.1) is 19.3 Å². The van der Waals surface area contributed by atoms with Crippen LogP contribution in [0.2, 0.25) is 0 Å². The number of hydrogen-bond donors (Lipinski definition) is 0. The third kappa shape index (κ3) is 4.02. The summed E-state index contributed by atoms with van der Waals surface area (Å²) in [6, 6.07) is 14.7. The number of nitrogens with zero attached hydrogens (tertiary/aromatic N) is 4. The lowest BCUT2D eigenvalue weighted by molar-refractivity contribution is 0.101. The van der Waals surface area contributed by atoms with E-state index in [2.05, 4.69) is 15.5 Å². The molecule has 0 unspecified atom stereocenters. The van der Waals surface area contributed by atoms with Gasteiger partial charge in [-0.25, -0.2) is 0 Å². The first-order valence-corrected chi connectivity index (χ1v) is 8.96. The highest BCUT2D eigenvalue weighted by molar-refractivity contribution is 7.99. The first-order chi connectivity index (χ1) is 12.7. The van der Waals surface area contributed by atoms with Crippen LogP contribution < -0.4 is 9.47 Å². The summed E-state index contributed by atoms with van der Waals surface area (Å²) >= 11 is 1.46. The Morgan fingerprint density at radius 2 is 1.85 bits per heavy atom. The fourth-order valence-electron chi connectivity index (χ4n) is 2.39. The van der Waals surface area contributed by atoms with Gasteiger partial charge in [-0.3, -0.25) is 4.79 Å². The Kier molecular flexibility index (Phi) is 5.85. The van der Waals surface area contributed by atoms with Gasteiger partial charge in [-0.1, -0.05) is 36.0 Å². The topological polar surface area (TPSA) is 79.1 Å². The normalized spacial score (nSPS) is 10.5. The molecule has 0 amide bonds. The number of aromatic nitrogens is 4. The van der Waals surface area contributed by atoms with E-state index >= 15 is 0 Å². The summed E-state index contributed by atoms with van der Waals surface area (Å²) in [5.41, 5.74) is 1.35. The van der Waals surface area contributed by atoms with Crippen molar-refractivity contribution in [2.45, 2.75) is 12.1 Å². The molecular weight excluding hydrogens is 352 g/mol. The Labute approximate surface area is 155 Å². The molecule has 7 nitrogen and oxygen atoms in total. The van der Waals surface area contributed by atoms with Crippen LogP contribution in [0.3, 0.4) is 0 Å². The molecule has 2 aromatic carbocycles. The van der Waals surface area contributed by atoms with E-state index in [1.807, 2.05) is 36.4 Å². The van der Waals surface area contributed by atoms with Crippen LogP contribution >= 0.6 is 11.8 Å². The van der Waals surface area contributed by atoms with Crippen LogP contribution in [0.5, 0.6) is 11.5 Å². The number of para-hydroxylation sites is 3. The summed E-state index contributed by atoms with van der Waals surface area (Å²) in [5.74, 6) is 1.88. The summed E-state index contributed by atoms with van der Waals surface area (Å²) in [5, 5.41) is 12.5. The number of hydrogen-bond acceptors (Lipinski definition) is 7. The fourth-order valence-corrected chi connectivity index (χ4v) is 3.09. The van der Waals surface area contributed by atoms with Crippen LogP contribution in [0.25, 0.3) is 5.69 Å². The molecule has 134 valence electrons. The van der Waals surface area contributed by atoms with E-state index in [4.69, 9.17) is 9.47 Å². The molecule has 0 saturated heterocycles. The highest BCUT2D eigenvalue weighted by Gasteiger charge is 2.13. The van der Waals surface area contributed by atoms with E-state index in [0.29, 0.717) is 34.6 Å². The zero-order valence-corrected chi connectivity index (χ0v) is 15.3. The van der Waals surface area contributed by atoms with Gasteiger partial charge in [-0.2, -0.15) is 4.68 Å². The standard InChI is InChI=1S/C18H18N4O3S/c1-13(23)14-7-3-5-9-16(14)25-11-12-26-18-19-20-21-22(18)15-8-4-6-10-17(15)24-2/h3-10H,11-12H2,1-2H3.